The molecule has 0 aliphatic rings. The van der Waals surface area contributed by atoms with Crippen molar-refractivity contribution in [3.63, 3.8) is 0 Å². The van der Waals surface area contributed by atoms with Crippen LogP contribution in [0.3, 0.4) is 0 Å². The molecule has 2 aromatic rings. The third-order valence-electron chi connectivity index (χ3n) is 2.80. The number of nitrogens with one attached hydrogen (secondary N) is 1. The first-order chi connectivity index (χ1) is 10.8. The van der Waals surface area contributed by atoms with E-state index in [0.29, 0.717) is 11.4 Å². The summed E-state index contributed by atoms with van der Waals surface area (Å²) in [7, 11) is -3.75. The van der Waals surface area contributed by atoms with Gasteiger partial charge >= 0.3 is 5.97 Å². The van der Waals surface area contributed by atoms with Crippen LogP contribution >= 0.6 is 0 Å². The molecule has 0 amide bonds. The van der Waals surface area contributed by atoms with E-state index in [0.717, 1.165) is 0 Å². The molecular weight excluding hydrogens is 324 g/mol. The number of sulfonamides is 1. The summed E-state index contributed by atoms with van der Waals surface area (Å²) in [6, 6.07) is 4.46. The lowest BCUT2D eigenvalue weighted by atomic mass is 10.2. The SMILES string of the molecule is NC(Cc1cnc(N=Nc2ccc(S(N)(=O)=O)cc2)[nH]1)C(=O)O. The molecule has 1 aromatic carbocycles. The summed E-state index contributed by atoms with van der Waals surface area (Å²) in [6.07, 6.45) is 1.50. The third kappa shape index (κ3) is 4.67. The standard InChI is InChI=1S/C12H14N6O4S/c13-10(11(19)20)5-8-6-15-12(16-8)18-17-7-1-3-9(4-2-7)23(14,21)22/h1-4,6,10H,5,13H2,(H,15,16)(H,19,20)(H2,14,21,22). The van der Waals surface area contributed by atoms with Crippen molar-refractivity contribution in [1.29, 1.82) is 0 Å². The second-order valence-electron chi connectivity index (χ2n) is 4.62. The highest BCUT2D eigenvalue weighted by atomic mass is 32.2. The molecule has 6 N–H and O–H groups in total. The van der Waals surface area contributed by atoms with Gasteiger partial charge in [-0.15, -0.1) is 10.2 Å². The van der Waals surface area contributed by atoms with Gasteiger partial charge < -0.3 is 15.8 Å². The van der Waals surface area contributed by atoms with Crippen molar-refractivity contribution in [1.82, 2.24) is 9.97 Å². The Morgan fingerprint density at radius 3 is 2.52 bits per heavy atom. The van der Waals surface area contributed by atoms with Crippen LogP contribution < -0.4 is 10.9 Å². The van der Waals surface area contributed by atoms with Gasteiger partial charge in [-0.25, -0.2) is 18.5 Å². The number of hydrogen-bond donors (Lipinski definition) is 4. The molecule has 0 fully saturated rings. The van der Waals surface area contributed by atoms with E-state index in [1.54, 1.807) is 0 Å². The molecule has 2 rings (SSSR count). The predicted octanol–water partition coefficient (Wildman–Crippen LogP) is 0.427. The van der Waals surface area contributed by atoms with Crippen LogP contribution in [0.4, 0.5) is 11.6 Å². The number of aliphatic carboxylic acids is 1. The molecule has 0 saturated carbocycles. The summed E-state index contributed by atoms with van der Waals surface area (Å²) in [6.45, 7) is 0. The number of carboxylic acids is 1. The molecule has 0 bridgehead atoms. The van der Waals surface area contributed by atoms with Gasteiger partial charge in [-0.05, 0) is 24.3 Å². The molecule has 1 heterocycles. The smallest absolute Gasteiger partial charge is 0.320 e. The number of hydrogen-bond acceptors (Lipinski definition) is 7. The maximum Gasteiger partial charge on any atom is 0.320 e. The predicted molar refractivity (Wildman–Crippen MR) is 79.9 cm³/mol. The van der Waals surface area contributed by atoms with Gasteiger partial charge in [-0.2, -0.15) is 0 Å². The van der Waals surface area contributed by atoms with Gasteiger partial charge in [0.2, 0.25) is 16.0 Å². The monoisotopic (exact) mass is 338 g/mol. The van der Waals surface area contributed by atoms with Crippen LogP contribution in [0.25, 0.3) is 0 Å². The summed E-state index contributed by atoms with van der Waals surface area (Å²) in [4.78, 5) is 17.3. The highest BCUT2D eigenvalue weighted by Gasteiger charge is 2.13. The van der Waals surface area contributed by atoms with Crippen LogP contribution in [-0.2, 0) is 21.2 Å². The van der Waals surface area contributed by atoms with E-state index in [1.165, 1.54) is 30.5 Å². The first-order valence-corrected chi connectivity index (χ1v) is 7.87. The number of H-pyrrole nitrogens is 1. The van der Waals surface area contributed by atoms with Crippen molar-refractivity contribution < 1.29 is 18.3 Å². The fraction of sp³-hybridized carbons (Fsp3) is 0.167. The number of nitrogens with zero attached hydrogens (tertiary/aromatic N) is 3. The van der Waals surface area contributed by atoms with Gasteiger partial charge in [-0.1, -0.05) is 0 Å². The Kier molecular flexibility index (Phi) is 4.83. The van der Waals surface area contributed by atoms with Gasteiger partial charge in [0.05, 0.1) is 16.8 Å². The number of carbonyl (C=O) groups is 1. The van der Waals surface area contributed by atoms with Gasteiger partial charge in [0.25, 0.3) is 0 Å². The lowest BCUT2D eigenvalue weighted by Crippen LogP contribution is -2.32. The van der Waals surface area contributed by atoms with Crippen molar-refractivity contribution in [2.75, 3.05) is 0 Å². The number of rotatable bonds is 6. The quantitative estimate of drug-likeness (QED) is 0.555. The summed E-state index contributed by atoms with van der Waals surface area (Å²) in [5.74, 6) is -0.939. The summed E-state index contributed by atoms with van der Waals surface area (Å²) in [5.41, 5.74) is 6.32. The first kappa shape index (κ1) is 16.7. The Labute approximate surface area is 131 Å². The Morgan fingerprint density at radius 2 is 1.96 bits per heavy atom. The molecule has 1 atom stereocenters. The maximum absolute atomic E-state index is 11.1. The van der Waals surface area contributed by atoms with Crippen LogP contribution in [0.1, 0.15) is 5.69 Å². The van der Waals surface area contributed by atoms with Crippen molar-refractivity contribution in [3.8, 4) is 0 Å². The highest BCUT2D eigenvalue weighted by Crippen LogP contribution is 2.18. The van der Waals surface area contributed by atoms with Crippen LogP contribution in [0.15, 0.2) is 45.6 Å². The van der Waals surface area contributed by atoms with E-state index in [2.05, 4.69) is 20.2 Å². The minimum absolute atomic E-state index is 0.0283. The number of imidazole rings is 1. The fourth-order valence-corrected chi connectivity index (χ4v) is 2.15. The molecule has 0 aliphatic heterocycles. The number of nitrogens with two attached hydrogens (primary N) is 2. The Morgan fingerprint density at radius 1 is 1.30 bits per heavy atom. The first-order valence-electron chi connectivity index (χ1n) is 6.32. The normalized spacial score (nSPS) is 13.3. The van der Waals surface area contributed by atoms with Crippen molar-refractivity contribution >= 4 is 27.6 Å². The molecule has 0 saturated heterocycles. The average molecular weight is 338 g/mol. The Balaban J connectivity index is 2.06. The van der Waals surface area contributed by atoms with Crippen molar-refractivity contribution in [3.05, 3.63) is 36.2 Å². The van der Waals surface area contributed by atoms with E-state index >= 15 is 0 Å². The van der Waals surface area contributed by atoms with Crippen LogP contribution in [0.2, 0.25) is 0 Å². The number of primary sulfonamides is 1. The molecule has 0 radical (unpaired) electrons. The Hall–Kier alpha value is -2.63. The molecule has 0 aliphatic carbocycles. The zero-order valence-electron chi connectivity index (χ0n) is 11.7. The summed E-state index contributed by atoms with van der Waals surface area (Å²) >= 11 is 0. The lowest BCUT2D eigenvalue weighted by Gasteiger charge is -2.02. The zero-order valence-corrected chi connectivity index (χ0v) is 12.6. The number of benzene rings is 1. The van der Waals surface area contributed by atoms with Crippen LogP contribution in [0, 0.1) is 0 Å². The van der Waals surface area contributed by atoms with E-state index in [1.807, 2.05) is 0 Å². The molecule has 10 nitrogen and oxygen atoms in total. The summed E-state index contributed by atoms with van der Waals surface area (Å²) in [5, 5.41) is 21.4. The summed E-state index contributed by atoms with van der Waals surface area (Å²) < 4.78 is 22.2. The minimum atomic E-state index is -3.75. The molecule has 122 valence electrons. The fourth-order valence-electron chi connectivity index (χ4n) is 1.63. The number of aromatic amines is 1. The van der Waals surface area contributed by atoms with Crippen LogP contribution in [0.5, 0.6) is 0 Å². The second kappa shape index (κ2) is 6.64. The molecule has 23 heavy (non-hydrogen) atoms. The minimum Gasteiger partial charge on any atom is -0.480 e. The van der Waals surface area contributed by atoms with E-state index in [-0.39, 0.29) is 17.3 Å². The topological polar surface area (TPSA) is 177 Å². The van der Waals surface area contributed by atoms with E-state index in [9.17, 15) is 13.2 Å². The lowest BCUT2D eigenvalue weighted by molar-refractivity contribution is -0.138. The van der Waals surface area contributed by atoms with Crippen LogP contribution in [-0.4, -0.2) is 35.5 Å². The molecular formula is C12H14N6O4S. The molecule has 11 heteroatoms. The van der Waals surface area contributed by atoms with Gasteiger partial charge in [0, 0.05) is 12.1 Å². The maximum atomic E-state index is 11.1. The average Bonchev–Trinajstić information content (AvgIpc) is 2.92. The number of carboxylic acid groups (broad SMARTS) is 1. The van der Waals surface area contributed by atoms with Crippen molar-refractivity contribution in [2.45, 2.75) is 17.4 Å². The largest absolute Gasteiger partial charge is 0.480 e. The molecule has 0 spiro atoms. The third-order valence-corrected chi connectivity index (χ3v) is 3.73. The molecule has 1 unspecified atom stereocenters. The zero-order chi connectivity index (χ0) is 17.0. The Bertz CT molecular complexity index is 827. The molecule has 1 aromatic heterocycles. The number of azo groups is 1. The second-order valence-corrected chi connectivity index (χ2v) is 6.18. The number of aromatic nitrogens is 2. The van der Waals surface area contributed by atoms with Gasteiger partial charge in [-0.3, -0.25) is 4.79 Å². The van der Waals surface area contributed by atoms with Gasteiger partial charge in [0.15, 0.2) is 0 Å². The van der Waals surface area contributed by atoms with E-state index in [4.69, 9.17) is 16.0 Å². The van der Waals surface area contributed by atoms with Gasteiger partial charge in [0.1, 0.15) is 6.04 Å². The van der Waals surface area contributed by atoms with E-state index < -0.39 is 22.0 Å². The van der Waals surface area contributed by atoms with Crippen molar-refractivity contribution in [2.24, 2.45) is 21.1 Å². The highest BCUT2D eigenvalue weighted by molar-refractivity contribution is 7.89.